The van der Waals surface area contributed by atoms with E-state index >= 15 is 0 Å². The highest BCUT2D eigenvalue weighted by Gasteiger charge is 2.22. The molecule has 1 unspecified atom stereocenters. The lowest BCUT2D eigenvalue weighted by Crippen LogP contribution is -2.47. The molecule has 6 nitrogen and oxygen atoms in total. The van der Waals surface area contributed by atoms with Crippen LogP contribution in [0, 0.1) is 0 Å². The molecule has 1 aromatic rings. The number of nitrogens with zero attached hydrogens (tertiary/aromatic N) is 2. The van der Waals surface area contributed by atoms with Gasteiger partial charge in [0.05, 0.1) is 19.3 Å². The molecule has 2 aliphatic rings. The molecule has 1 amide bonds. The zero-order valence-corrected chi connectivity index (χ0v) is 13.8. The highest BCUT2D eigenvalue weighted by molar-refractivity contribution is 5.78. The van der Waals surface area contributed by atoms with Crippen molar-refractivity contribution in [1.29, 1.82) is 0 Å². The van der Waals surface area contributed by atoms with Crippen LogP contribution in [0.2, 0.25) is 0 Å². The molecule has 0 saturated carbocycles. The standard InChI is InChI=1S/C17H24N2O4/c1-13-10-19(5-6-21-13)17(20)12-18(2)11-14-3-4-15-16(9-14)23-8-7-22-15/h3-4,9,13H,5-8,10-12H2,1-2H3. The number of benzene rings is 1. The average molecular weight is 320 g/mol. The van der Waals surface area contributed by atoms with Gasteiger partial charge >= 0.3 is 0 Å². The van der Waals surface area contributed by atoms with Crippen molar-refractivity contribution in [2.45, 2.75) is 19.6 Å². The van der Waals surface area contributed by atoms with Crippen molar-refractivity contribution in [2.75, 3.05) is 46.5 Å². The van der Waals surface area contributed by atoms with Crippen molar-refractivity contribution in [3.8, 4) is 11.5 Å². The van der Waals surface area contributed by atoms with Gasteiger partial charge in [0.2, 0.25) is 5.91 Å². The predicted octanol–water partition coefficient (Wildman–Crippen LogP) is 1.14. The molecule has 6 heteroatoms. The van der Waals surface area contributed by atoms with Crippen LogP contribution in [0.5, 0.6) is 11.5 Å². The molecule has 126 valence electrons. The zero-order chi connectivity index (χ0) is 16.2. The van der Waals surface area contributed by atoms with Crippen LogP contribution < -0.4 is 9.47 Å². The maximum Gasteiger partial charge on any atom is 0.236 e. The van der Waals surface area contributed by atoms with Crippen LogP contribution in [-0.4, -0.2) is 68.3 Å². The van der Waals surface area contributed by atoms with Crippen LogP contribution in [0.15, 0.2) is 18.2 Å². The number of morpholine rings is 1. The third-order valence-electron chi connectivity index (χ3n) is 4.06. The van der Waals surface area contributed by atoms with E-state index in [1.54, 1.807) is 0 Å². The van der Waals surface area contributed by atoms with Gasteiger partial charge < -0.3 is 19.1 Å². The third kappa shape index (κ3) is 4.14. The quantitative estimate of drug-likeness (QED) is 0.833. The van der Waals surface area contributed by atoms with Gasteiger partial charge in [-0.1, -0.05) is 6.07 Å². The number of amides is 1. The van der Waals surface area contributed by atoms with Crippen molar-refractivity contribution in [2.24, 2.45) is 0 Å². The molecule has 1 fully saturated rings. The van der Waals surface area contributed by atoms with Crippen LogP contribution in [0.3, 0.4) is 0 Å². The van der Waals surface area contributed by atoms with E-state index < -0.39 is 0 Å². The van der Waals surface area contributed by atoms with E-state index in [9.17, 15) is 4.79 Å². The minimum Gasteiger partial charge on any atom is -0.486 e. The smallest absolute Gasteiger partial charge is 0.236 e. The lowest BCUT2D eigenvalue weighted by molar-refractivity contribution is -0.139. The molecule has 1 atom stereocenters. The molecule has 0 radical (unpaired) electrons. The number of hydrogen-bond acceptors (Lipinski definition) is 5. The highest BCUT2D eigenvalue weighted by Crippen LogP contribution is 2.31. The number of carbonyl (C=O) groups is 1. The molecular weight excluding hydrogens is 296 g/mol. The maximum atomic E-state index is 12.4. The lowest BCUT2D eigenvalue weighted by atomic mass is 10.2. The molecule has 1 aromatic carbocycles. The van der Waals surface area contributed by atoms with E-state index in [4.69, 9.17) is 14.2 Å². The molecule has 0 aliphatic carbocycles. The first-order chi connectivity index (χ1) is 11.1. The van der Waals surface area contributed by atoms with Gasteiger partial charge in [0, 0.05) is 19.6 Å². The summed E-state index contributed by atoms with van der Waals surface area (Å²) in [5.41, 5.74) is 1.11. The van der Waals surface area contributed by atoms with E-state index in [2.05, 4.69) is 0 Å². The van der Waals surface area contributed by atoms with Crippen molar-refractivity contribution < 1.29 is 19.0 Å². The van der Waals surface area contributed by atoms with Gasteiger partial charge in [0.25, 0.3) is 0 Å². The minimum absolute atomic E-state index is 0.121. The number of ether oxygens (including phenoxy) is 3. The fourth-order valence-corrected chi connectivity index (χ4v) is 2.93. The Morgan fingerprint density at radius 2 is 2.04 bits per heavy atom. The Balaban J connectivity index is 1.54. The van der Waals surface area contributed by atoms with E-state index in [1.165, 1.54) is 0 Å². The molecule has 0 spiro atoms. The number of hydrogen-bond donors (Lipinski definition) is 0. The van der Waals surface area contributed by atoms with Gasteiger partial charge in [-0.2, -0.15) is 0 Å². The van der Waals surface area contributed by atoms with E-state index in [1.807, 2.05) is 42.0 Å². The summed E-state index contributed by atoms with van der Waals surface area (Å²) in [7, 11) is 1.96. The second-order valence-electron chi connectivity index (χ2n) is 6.17. The van der Waals surface area contributed by atoms with E-state index in [-0.39, 0.29) is 12.0 Å². The second kappa shape index (κ2) is 7.19. The van der Waals surface area contributed by atoms with Gasteiger partial charge in [0.15, 0.2) is 11.5 Å². The Labute approximate surface area is 136 Å². The summed E-state index contributed by atoms with van der Waals surface area (Å²) in [6.45, 7) is 6.26. The summed E-state index contributed by atoms with van der Waals surface area (Å²) in [5.74, 6) is 1.73. The molecule has 1 saturated heterocycles. The normalized spacial score (nSPS) is 20.7. The predicted molar refractivity (Wildman–Crippen MR) is 85.8 cm³/mol. The number of likely N-dealkylation sites (N-methyl/N-ethyl adjacent to an activating group) is 1. The van der Waals surface area contributed by atoms with Crippen molar-refractivity contribution in [3.63, 3.8) is 0 Å². The largest absolute Gasteiger partial charge is 0.486 e. The molecule has 2 aliphatic heterocycles. The fraction of sp³-hybridized carbons (Fsp3) is 0.588. The molecule has 0 N–H and O–H groups in total. The van der Waals surface area contributed by atoms with Gasteiger partial charge in [-0.25, -0.2) is 0 Å². The average Bonchev–Trinajstić information content (AvgIpc) is 2.54. The summed E-state index contributed by atoms with van der Waals surface area (Å²) in [4.78, 5) is 16.3. The first-order valence-corrected chi connectivity index (χ1v) is 8.08. The molecule has 3 rings (SSSR count). The number of carbonyl (C=O) groups excluding carboxylic acids is 1. The van der Waals surface area contributed by atoms with Crippen molar-refractivity contribution >= 4 is 5.91 Å². The van der Waals surface area contributed by atoms with Crippen LogP contribution >= 0.6 is 0 Å². The fourth-order valence-electron chi connectivity index (χ4n) is 2.93. The Bertz CT molecular complexity index is 564. The van der Waals surface area contributed by atoms with Gasteiger partial charge in [-0.3, -0.25) is 9.69 Å². The molecule has 23 heavy (non-hydrogen) atoms. The Morgan fingerprint density at radius 1 is 1.26 bits per heavy atom. The molecule has 2 heterocycles. The number of rotatable bonds is 4. The summed E-state index contributed by atoms with van der Waals surface area (Å²) in [6, 6.07) is 5.95. The number of fused-ring (bicyclic) bond motifs is 1. The van der Waals surface area contributed by atoms with Gasteiger partial charge in [-0.05, 0) is 31.7 Å². The minimum atomic E-state index is 0.121. The Morgan fingerprint density at radius 3 is 2.83 bits per heavy atom. The van der Waals surface area contributed by atoms with Crippen molar-refractivity contribution in [3.05, 3.63) is 23.8 Å². The van der Waals surface area contributed by atoms with Crippen molar-refractivity contribution in [1.82, 2.24) is 9.80 Å². The monoisotopic (exact) mass is 320 g/mol. The summed E-state index contributed by atoms with van der Waals surface area (Å²) in [5, 5.41) is 0. The second-order valence-corrected chi connectivity index (χ2v) is 6.17. The van der Waals surface area contributed by atoms with Crippen LogP contribution in [0.1, 0.15) is 12.5 Å². The molecule has 0 aromatic heterocycles. The van der Waals surface area contributed by atoms with Crippen LogP contribution in [0.25, 0.3) is 0 Å². The Hall–Kier alpha value is -1.79. The maximum absolute atomic E-state index is 12.4. The molecular formula is C17H24N2O4. The first-order valence-electron chi connectivity index (χ1n) is 8.08. The molecule has 0 bridgehead atoms. The van der Waals surface area contributed by atoms with E-state index in [0.717, 1.165) is 17.1 Å². The third-order valence-corrected chi connectivity index (χ3v) is 4.06. The van der Waals surface area contributed by atoms with E-state index in [0.29, 0.717) is 46.0 Å². The summed E-state index contributed by atoms with van der Waals surface area (Å²) in [6.07, 6.45) is 0.121. The van der Waals surface area contributed by atoms with Gasteiger partial charge in [-0.15, -0.1) is 0 Å². The van der Waals surface area contributed by atoms with Crippen LogP contribution in [-0.2, 0) is 16.1 Å². The summed E-state index contributed by atoms with van der Waals surface area (Å²) >= 11 is 0. The first kappa shape index (κ1) is 16.1. The SMILES string of the molecule is CC1CN(C(=O)CN(C)Cc2ccc3c(c2)OCCO3)CCO1. The lowest BCUT2D eigenvalue weighted by Gasteiger charge is -2.32. The van der Waals surface area contributed by atoms with Crippen LogP contribution in [0.4, 0.5) is 0 Å². The summed E-state index contributed by atoms with van der Waals surface area (Å²) < 4.78 is 16.6. The highest BCUT2D eigenvalue weighted by atomic mass is 16.6. The Kier molecular flexibility index (Phi) is 5.03. The van der Waals surface area contributed by atoms with Gasteiger partial charge in [0.1, 0.15) is 13.2 Å². The zero-order valence-electron chi connectivity index (χ0n) is 13.8. The topological polar surface area (TPSA) is 51.2 Å².